The summed E-state index contributed by atoms with van der Waals surface area (Å²) in [4.78, 5) is 22.3. The summed E-state index contributed by atoms with van der Waals surface area (Å²) in [6.07, 6.45) is 6.04. The minimum Gasteiger partial charge on any atom is -0.480 e. The molecular weight excluding hydrogens is 310 g/mol. The molecule has 23 heavy (non-hydrogen) atoms. The lowest BCUT2D eigenvalue weighted by Gasteiger charge is -2.28. The van der Waals surface area contributed by atoms with Crippen molar-refractivity contribution in [1.29, 1.82) is 0 Å². The van der Waals surface area contributed by atoms with Crippen LogP contribution in [-0.2, 0) is 17.9 Å². The highest BCUT2D eigenvalue weighted by atomic mass is 32.2. The van der Waals surface area contributed by atoms with E-state index in [1.807, 2.05) is 47.6 Å². The molecule has 1 N–H and O–H groups in total. The van der Waals surface area contributed by atoms with Crippen molar-refractivity contribution in [3.8, 4) is 0 Å². The van der Waals surface area contributed by atoms with Crippen LogP contribution in [0.1, 0.15) is 17.8 Å². The number of carbonyl (C=O) groups is 1. The van der Waals surface area contributed by atoms with E-state index in [0.717, 1.165) is 17.1 Å². The van der Waals surface area contributed by atoms with Crippen molar-refractivity contribution in [1.82, 2.24) is 14.9 Å². The van der Waals surface area contributed by atoms with E-state index in [-0.39, 0.29) is 0 Å². The lowest BCUT2D eigenvalue weighted by atomic mass is 10.1. The number of carboxylic acid groups (broad SMARTS) is 1. The Bertz CT molecular complexity index is 554. The number of pyridine rings is 2. The average Bonchev–Trinajstić information content (AvgIpc) is 2.56. The smallest absolute Gasteiger partial charge is 0.320 e. The third-order valence-corrected chi connectivity index (χ3v) is 4.15. The first-order chi connectivity index (χ1) is 11.2. The van der Waals surface area contributed by atoms with Gasteiger partial charge in [0.25, 0.3) is 0 Å². The maximum atomic E-state index is 11.7. The Morgan fingerprint density at radius 2 is 1.70 bits per heavy atom. The standard InChI is InChI=1S/C17H21N3O2S/c1-23-11-8-16(17(21)22)20(12-14-6-2-4-9-18-14)13-15-7-3-5-10-19-15/h2-7,9-10,16H,8,11-13H2,1H3,(H,21,22)/t16-/m0/s1. The second kappa shape index (κ2) is 9.27. The van der Waals surface area contributed by atoms with Crippen molar-refractivity contribution in [2.75, 3.05) is 12.0 Å². The number of nitrogens with zero attached hydrogens (tertiary/aromatic N) is 3. The molecule has 0 aliphatic rings. The van der Waals surface area contributed by atoms with Crippen molar-refractivity contribution < 1.29 is 9.90 Å². The van der Waals surface area contributed by atoms with Gasteiger partial charge >= 0.3 is 5.97 Å². The van der Waals surface area contributed by atoms with Crippen LogP contribution in [-0.4, -0.2) is 44.0 Å². The van der Waals surface area contributed by atoms with Gasteiger partial charge < -0.3 is 5.11 Å². The lowest BCUT2D eigenvalue weighted by molar-refractivity contribution is -0.144. The molecule has 2 heterocycles. The third kappa shape index (κ3) is 5.65. The van der Waals surface area contributed by atoms with Gasteiger partial charge in [0.1, 0.15) is 6.04 Å². The van der Waals surface area contributed by atoms with Crippen LogP contribution in [0.5, 0.6) is 0 Å². The molecule has 5 nitrogen and oxygen atoms in total. The normalized spacial score (nSPS) is 12.3. The predicted octanol–water partition coefficient (Wildman–Crippen LogP) is 2.69. The van der Waals surface area contributed by atoms with Gasteiger partial charge in [-0.1, -0.05) is 12.1 Å². The highest BCUT2D eigenvalue weighted by Gasteiger charge is 2.26. The highest BCUT2D eigenvalue weighted by Crippen LogP contribution is 2.15. The number of aromatic nitrogens is 2. The van der Waals surface area contributed by atoms with E-state index in [2.05, 4.69) is 9.97 Å². The van der Waals surface area contributed by atoms with Gasteiger partial charge in [0, 0.05) is 25.5 Å². The minimum absolute atomic E-state index is 0.489. The van der Waals surface area contributed by atoms with E-state index in [4.69, 9.17) is 0 Å². The predicted molar refractivity (Wildman–Crippen MR) is 92.1 cm³/mol. The summed E-state index contributed by atoms with van der Waals surface area (Å²) in [6, 6.07) is 10.8. The molecule has 0 unspecified atom stereocenters. The molecule has 0 aliphatic heterocycles. The number of aliphatic carboxylic acids is 1. The van der Waals surface area contributed by atoms with Crippen molar-refractivity contribution >= 4 is 17.7 Å². The molecule has 0 spiro atoms. The molecule has 0 saturated heterocycles. The minimum atomic E-state index is -0.800. The van der Waals surface area contributed by atoms with Gasteiger partial charge in [-0.05, 0) is 42.7 Å². The molecule has 0 bridgehead atoms. The van der Waals surface area contributed by atoms with Crippen molar-refractivity contribution in [2.45, 2.75) is 25.6 Å². The van der Waals surface area contributed by atoms with E-state index in [1.54, 1.807) is 24.2 Å². The van der Waals surface area contributed by atoms with E-state index in [1.165, 1.54) is 0 Å². The first kappa shape index (κ1) is 17.4. The van der Waals surface area contributed by atoms with Crippen LogP contribution in [0.4, 0.5) is 0 Å². The SMILES string of the molecule is CSCC[C@@H](C(=O)O)N(Cc1ccccn1)Cc1ccccn1. The average molecular weight is 331 g/mol. The van der Waals surface area contributed by atoms with E-state index >= 15 is 0 Å². The first-order valence-electron chi connectivity index (χ1n) is 7.46. The Kier molecular flexibility index (Phi) is 7.03. The van der Waals surface area contributed by atoms with Crippen molar-refractivity contribution in [2.24, 2.45) is 0 Å². The Hall–Kier alpha value is -1.92. The van der Waals surface area contributed by atoms with Gasteiger partial charge in [0.15, 0.2) is 0 Å². The van der Waals surface area contributed by atoms with E-state index in [0.29, 0.717) is 19.5 Å². The van der Waals surface area contributed by atoms with E-state index in [9.17, 15) is 9.90 Å². The van der Waals surface area contributed by atoms with E-state index < -0.39 is 12.0 Å². The topological polar surface area (TPSA) is 66.3 Å². The highest BCUT2D eigenvalue weighted by molar-refractivity contribution is 7.98. The zero-order chi connectivity index (χ0) is 16.5. The molecule has 2 rings (SSSR count). The van der Waals surface area contributed by atoms with Gasteiger partial charge in [0.05, 0.1) is 11.4 Å². The molecule has 0 saturated carbocycles. The quantitative estimate of drug-likeness (QED) is 0.762. The molecule has 1 atom stereocenters. The van der Waals surface area contributed by atoms with Crippen LogP contribution in [0.3, 0.4) is 0 Å². The van der Waals surface area contributed by atoms with Crippen molar-refractivity contribution in [3.05, 3.63) is 60.2 Å². The Labute approximate surface area is 140 Å². The number of carboxylic acids is 1. The zero-order valence-corrected chi connectivity index (χ0v) is 13.9. The van der Waals surface area contributed by atoms with Crippen LogP contribution in [0, 0.1) is 0 Å². The fourth-order valence-electron chi connectivity index (χ4n) is 2.37. The van der Waals surface area contributed by atoms with Crippen LogP contribution in [0.25, 0.3) is 0 Å². The fourth-order valence-corrected chi connectivity index (χ4v) is 2.83. The Morgan fingerprint density at radius 3 is 2.09 bits per heavy atom. The number of hydrogen-bond donors (Lipinski definition) is 1. The maximum Gasteiger partial charge on any atom is 0.320 e. The second-order valence-corrected chi connectivity index (χ2v) is 6.17. The summed E-state index contributed by atoms with van der Waals surface area (Å²) < 4.78 is 0. The number of rotatable bonds is 9. The van der Waals surface area contributed by atoms with Gasteiger partial charge in [0.2, 0.25) is 0 Å². The van der Waals surface area contributed by atoms with Gasteiger partial charge in [-0.2, -0.15) is 11.8 Å². The van der Waals surface area contributed by atoms with Gasteiger partial charge in [-0.3, -0.25) is 19.7 Å². The second-order valence-electron chi connectivity index (χ2n) is 5.18. The van der Waals surface area contributed by atoms with Crippen LogP contribution >= 0.6 is 11.8 Å². The van der Waals surface area contributed by atoms with Crippen LogP contribution in [0.2, 0.25) is 0 Å². The summed E-state index contributed by atoms with van der Waals surface area (Å²) in [5, 5.41) is 9.63. The van der Waals surface area contributed by atoms with Crippen LogP contribution in [0.15, 0.2) is 48.8 Å². The van der Waals surface area contributed by atoms with Gasteiger partial charge in [-0.15, -0.1) is 0 Å². The fraction of sp³-hybridized carbons (Fsp3) is 0.353. The molecule has 2 aromatic rings. The van der Waals surface area contributed by atoms with Crippen LogP contribution < -0.4 is 0 Å². The summed E-state index contributed by atoms with van der Waals surface area (Å²) in [5.41, 5.74) is 1.72. The monoisotopic (exact) mass is 331 g/mol. The summed E-state index contributed by atoms with van der Waals surface area (Å²) >= 11 is 1.66. The molecule has 0 aliphatic carbocycles. The summed E-state index contributed by atoms with van der Waals surface area (Å²) in [5.74, 6) is 0.00339. The molecule has 0 amide bonds. The molecule has 0 fully saturated rings. The Balaban J connectivity index is 2.19. The largest absolute Gasteiger partial charge is 0.480 e. The maximum absolute atomic E-state index is 11.7. The first-order valence-corrected chi connectivity index (χ1v) is 8.85. The molecular formula is C17H21N3O2S. The molecule has 2 aromatic heterocycles. The molecule has 122 valence electrons. The molecule has 6 heteroatoms. The molecule has 0 aromatic carbocycles. The zero-order valence-electron chi connectivity index (χ0n) is 13.1. The number of hydrogen-bond acceptors (Lipinski definition) is 5. The lowest BCUT2D eigenvalue weighted by Crippen LogP contribution is -2.41. The van der Waals surface area contributed by atoms with Gasteiger partial charge in [-0.25, -0.2) is 0 Å². The van der Waals surface area contributed by atoms with Crippen molar-refractivity contribution in [3.63, 3.8) is 0 Å². The third-order valence-electron chi connectivity index (χ3n) is 3.50. The number of thioether (sulfide) groups is 1. The Morgan fingerprint density at radius 1 is 1.13 bits per heavy atom. The molecule has 0 radical (unpaired) electrons. The summed E-state index contributed by atoms with van der Waals surface area (Å²) in [7, 11) is 0. The summed E-state index contributed by atoms with van der Waals surface area (Å²) in [6.45, 7) is 0.978.